The molecule has 2 aromatic carbocycles. The van der Waals surface area contributed by atoms with E-state index >= 15 is 0 Å². The van der Waals surface area contributed by atoms with Gasteiger partial charge in [-0.25, -0.2) is 4.98 Å². The predicted molar refractivity (Wildman–Crippen MR) is 118 cm³/mol. The number of rotatable bonds is 5. The third-order valence-electron chi connectivity index (χ3n) is 4.22. The van der Waals surface area contributed by atoms with Crippen molar-refractivity contribution in [2.24, 2.45) is 0 Å². The number of halogens is 2. The zero-order valence-electron chi connectivity index (χ0n) is 15.7. The molecular weight excluding hydrogens is 425 g/mol. The average Bonchev–Trinajstić information content (AvgIpc) is 3.16. The monoisotopic (exact) mass is 439 g/mol. The number of ether oxygens (including phenoxy) is 1. The lowest BCUT2D eigenvalue weighted by molar-refractivity contribution is -0.111. The number of amides is 1. The first-order valence-electron chi connectivity index (χ1n) is 8.86. The lowest BCUT2D eigenvalue weighted by Crippen LogP contribution is -2.07. The number of benzene rings is 2. The Balaban J connectivity index is 1.53. The van der Waals surface area contributed by atoms with E-state index in [4.69, 9.17) is 32.4 Å². The van der Waals surface area contributed by atoms with Crippen LogP contribution in [0.4, 0.5) is 5.69 Å². The van der Waals surface area contributed by atoms with Crippen molar-refractivity contribution < 1.29 is 13.9 Å². The number of anilines is 1. The average molecular weight is 440 g/mol. The quantitative estimate of drug-likeness (QED) is 0.394. The summed E-state index contributed by atoms with van der Waals surface area (Å²) in [6.45, 7) is 0. The van der Waals surface area contributed by atoms with Gasteiger partial charge in [0.1, 0.15) is 11.3 Å². The van der Waals surface area contributed by atoms with E-state index in [0.717, 1.165) is 5.56 Å². The molecule has 8 heteroatoms. The Morgan fingerprint density at radius 1 is 1.20 bits per heavy atom. The fourth-order valence-electron chi connectivity index (χ4n) is 2.89. The maximum absolute atomic E-state index is 12.4. The van der Waals surface area contributed by atoms with Crippen molar-refractivity contribution in [1.82, 2.24) is 9.97 Å². The van der Waals surface area contributed by atoms with E-state index in [9.17, 15) is 4.79 Å². The highest BCUT2D eigenvalue weighted by atomic mass is 35.5. The summed E-state index contributed by atoms with van der Waals surface area (Å²) in [5.74, 6) is 0.576. The maximum atomic E-state index is 12.4. The van der Waals surface area contributed by atoms with Gasteiger partial charge in [-0.15, -0.1) is 0 Å². The van der Waals surface area contributed by atoms with Crippen LogP contribution in [0.1, 0.15) is 5.56 Å². The molecule has 0 aliphatic carbocycles. The van der Waals surface area contributed by atoms with Crippen LogP contribution in [0.25, 0.3) is 28.6 Å². The molecule has 0 atom stereocenters. The minimum Gasteiger partial charge on any atom is -0.495 e. The SMILES string of the molecule is COc1c(Cl)cc(Cl)cc1/C=C/C(=O)Nc1ccc2oc(-c3cccnc3)nc2c1. The van der Waals surface area contributed by atoms with E-state index in [0.29, 0.717) is 44.0 Å². The van der Waals surface area contributed by atoms with E-state index in [1.165, 1.54) is 13.2 Å². The van der Waals surface area contributed by atoms with Crippen LogP contribution in [-0.4, -0.2) is 23.0 Å². The number of hydrogen-bond acceptors (Lipinski definition) is 5. The van der Waals surface area contributed by atoms with Gasteiger partial charge in [0.15, 0.2) is 5.58 Å². The largest absolute Gasteiger partial charge is 0.495 e. The summed E-state index contributed by atoms with van der Waals surface area (Å²) in [6.07, 6.45) is 6.31. The van der Waals surface area contributed by atoms with Crippen molar-refractivity contribution in [3.63, 3.8) is 0 Å². The Morgan fingerprint density at radius 2 is 2.07 bits per heavy atom. The molecular formula is C22H15Cl2N3O3. The van der Waals surface area contributed by atoms with Gasteiger partial charge in [-0.3, -0.25) is 9.78 Å². The van der Waals surface area contributed by atoms with Crippen molar-refractivity contribution in [2.45, 2.75) is 0 Å². The number of nitrogens with zero attached hydrogens (tertiary/aromatic N) is 2. The highest BCUT2D eigenvalue weighted by Gasteiger charge is 2.10. The molecule has 0 unspecified atom stereocenters. The molecule has 30 heavy (non-hydrogen) atoms. The number of nitrogens with one attached hydrogen (secondary N) is 1. The van der Waals surface area contributed by atoms with Gasteiger partial charge < -0.3 is 14.5 Å². The highest BCUT2D eigenvalue weighted by Crippen LogP contribution is 2.33. The Hall–Kier alpha value is -3.35. The molecule has 0 bridgehead atoms. The van der Waals surface area contributed by atoms with Crippen LogP contribution in [0.5, 0.6) is 5.75 Å². The number of fused-ring (bicyclic) bond motifs is 1. The van der Waals surface area contributed by atoms with Crippen LogP contribution >= 0.6 is 23.2 Å². The predicted octanol–water partition coefficient (Wildman–Crippen LogP) is 5.86. The molecule has 0 fully saturated rings. The molecule has 0 radical (unpaired) electrons. The molecule has 0 spiro atoms. The Kier molecular flexibility index (Phi) is 5.70. The van der Waals surface area contributed by atoms with Crippen LogP contribution in [0.3, 0.4) is 0 Å². The highest BCUT2D eigenvalue weighted by molar-refractivity contribution is 6.36. The molecule has 4 rings (SSSR count). The van der Waals surface area contributed by atoms with Gasteiger partial charge in [-0.2, -0.15) is 0 Å². The number of aromatic nitrogens is 2. The van der Waals surface area contributed by atoms with E-state index < -0.39 is 0 Å². The summed E-state index contributed by atoms with van der Waals surface area (Å²) in [7, 11) is 1.50. The van der Waals surface area contributed by atoms with Crippen molar-refractivity contribution >= 4 is 52.0 Å². The molecule has 0 saturated carbocycles. The molecule has 150 valence electrons. The number of hydrogen-bond donors (Lipinski definition) is 1. The normalized spacial score (nSPS) is 11.2. The van der Waals surface area contributed by atoms with Crippen molar-refractivity contribution in [1.29, 1.82) is 0 Å². The van der Waals surface area contributed by atoms with Gasteiger partial charge in [0.25, 0.3) is 0 Å². The first kappa shape index (κ1) is 19.9. The van der Waals surface area contributed by atoms with Crippen molar-refractivity contribution in [3.8, 4) is 17.2 Å². The standard InChI is InChI=1S/C22H15Cl2N3O3/c1-29-21-13(9-15(23)10-17(21)24)4-7-20(28)26-16-5-6-19-18(11-16)27-22(30-19)14-3-2-8-25-12-14/h2-12H,1H3,(H,26,28)/b7-4+. The summed E-state index contributed by atoms with van der Waals surface area (Å²) >= 11 is 12.1. The van der Waals surface area contributed by atoms with Gasteiger partial charge in [0.2, 0.25) is 11.8 Å². The van der Waals surface area contributed by atoms with Crippen molar-refractivity contribution in [2.75, 3.05) is 12.4 Å². The van der Waals surface area contributed by atoms with Gasteiger partial charge >= 0.3 is 0 Å². The molecule has 1 N–H and O–H groups in total. The second-order valence-electron chi connectivity index (χ2n) is 6.28. The van der Waals surface area contributed by atoms with Gasteiger partial charge in [-0.05, 0) is 48.5 Å². The van der Waals surface area contributed by atoms with Crippen LogP contribution in [0.15, 0.2) is 65.4 Å². The lowest BCUT2D eigenvalue weighted by atomic mass is 10.2. The van der Waals surface area contributed by atoms with Crippen LogP contribution < -0.4 is 10.1 Å². The van der Waals surface area contributed by atoms with E-state index in [1.54, 1.807) is 48.8 Å². The van der Waals surface area contributed by atoms with Gasteiger partial charge in [-0.1, -0.05) is 23.2 Å². The van der Waals surface area contributed by atoms with E-state index in [2.05, 4.69) is 15.3 Å². The molecule has 6 nitrogen and oxygen atoms in total. The van der Waals surface area contributed by atoms with Crippen LogP contribution in [0.2, 0.25) is 10.0 Å². The number of pyridine rings is 1. The molecule has 2 heterocycles. The second-order valence-corrected chi connectivity index (χ2v) is 7.12. The van der Waals surface area contributed by atoms with Crippen molar-refractivity contribution in [3.05, 3.63) is 76.5 Å². The summed E-state index contributed by atoms with van der Waals surface area (Å²) < 4.78 is 11.0. The summed E-state index contributed by atoms with van der Waals surface area (Å²) in [5.41, 5.74) is 3.19. The molecule has 0 aliphatic rings. The summed E-state index contributed by atoms with van der Waals surface area (Å²) in [6, 6.07) is 12.1. The second kappa shape index (κ2) is 8.57. The number of methoxy groups -OCH3 is 1. The van der Waals surface area contributed by atoms with E-state index in [1.807, 2.05) is 12.1 Å². The summed E-state index contributed by atoms with van der Waals surface area (Å²) in [5, 5.41) is 3.61. The van der Waals surface area contributed by atoms with Crippen LogP contribution in [-0.2, 0) is 4.79 Å². The van der Waals surface area contributed by atoms with Gasteiger partial charge in [0.05, 0.1) is 17.7 Å². The van der Waals surface area contributed by atoms with Crippen LogP contribution in [0, 0.1) is 0 Å². The Morgan fingerprint density at radius 3 is 2.83 bits per heavy atom. The Bertz CT molecular complexity index is 1250. The fraction of sp³-hybridized carbons (Fsp3) is 0.0455. The molecule has 0 aliphatic heterocycles. The van der Waals surface area contributed by atoms with E-state index in [-0.39, 0.29) is 5.91 Å². The molecule has 0 saturated heterocycles. The molecule has 2 aromatic heterocycles. The van der Waals surface area contributed by atoms with Gasteiger partial charge in [0, 0.05) is 34.7 Å². The third-order valence-corrected chi connectivity index (χ3v) is 4.72. The minimum absolute atomic E-state index is 0.330. The molecule has 1 amide bonds. The zero-order chi connectivity index (χ0) is 21.1. The zero-order valence-corrected chi connectivity index (χ0v) is 17.2. The Labute approximate surface area is 182 Å². The number of carbonyl (C=O) groups excluding carboxylic acids is 1. The number of carbonyl (C=O) groups is 1. The first-order chi connectivity index (χ1) is 14.5. The topological polar surface area (TPSA) is 77.2 Å². The molecule has 4 aromatic rings. The fourth-order valence-corrected chi connectivity index (χ4v) is 3.47. The third kappa shape index (κ3) is 4.30. The minimum atomic E-state index is -0.330. The smallest absolute Gasteiger partial charge is 0.248 e. The lowest BCUT2D eigenvalue weighted by Gasteiger charge is -2.08. The number of oxazole rings is 1. The maximum Gasteiger partial charge on any atom is 0.248 e. The first-order valence-corrected chi connectivity index (χ1v) is 9.62. The summed E-state index contributed by atoms with van der Waals surface area (Å²) in [4.78, 5) is 20.9.